The lowest BCUT2D eigenvalue weighted by Gasteiger charge is -2.10. The molecule has 0 atom stereocenters. The molecule has 0 saturated carbocycles. The quantitative estimate of drug-likeness (QED) is 0.676. The van der Waals surface area contributed by atoms with Gasteiger partial charge in [0.05, 0.1) is 0 Å². The van der Waals surface area contributed by atoms with Crippen molar-refractivity contribution in [3.05, 3.63) is 76.7 Å². The van der Waals surface area contributed by atoms with E-state index >= 15 is 0 Å². The zero-order valence-electron chi connectivity index (χ0n) is 12.1. The van der Waals surface area contributed by atoms with Crippen molar-refractivity contribution in [1.82, 2.24) is 0 Å². The van der Waals surface area contributed by atoms with Crippen LogP contribution < -0.4 is 16.2 Å². The molecule has 0 aromatic heterocycles. The highest BCUT2D eigenvalue weighted by molar-refractivity contribution is 6.01. The molecule has 2 N–H and O–H groups in total. The van der Waals surface area contributed by atoms with Crippen LogP contribution in [0.15, 0.2) is 60.7 Å². The van der Waals surface area contributed by atoms with Crippen molar-refractivity contribution in [1.29, 1.82) is 0 Å². The molecule has 0 radical (unpaired) electrons. The van der Waals surface area contributed by atoms with Crippen molar-refractivity contribution >= 4 is 27.6 Å². The second-order valence-electron chi connectivity index (χ2n) is 5.73. The Morgan fingerprint density at radius 1 is 0.762 bits per heavy atom. The maximum absolute atomic E-state index is 6.13. The molecule has 0 aliphatic heterocycles. The van der Waals surface area contributed by atoms with Crippen LogP contribution in [0.3, 0.4) is 0 Å². The lowest BCUT2D eigenvalue weighted by Crippen LogP contribution is -2.23. The average Bonchev–Trinajstić information content (AvgIpc) is 2.86. The minimum Gasteiger partial charge on any atom is -0.398 e. The lowest BCUT2D eigenvalue weighted by molar-refractivity contribution is 1.41. The fraction of sp³-hybridized carbons (Fsp3) is 0.100. The summed E-state index contributed by atoms with van der Waals surface area (Å²) < 4.78 is 0. The van der Waals surface area contributed by atoms with Gasteiger partial charge < -0.3 is 5.73 Å². The zero-order valence-corrected chi connectivity index (χ0v) is 12.1. The van der Waals surface area contributed by atoms with Crippen LogP contribution >= 0.6 is 0 Å². The molecule has 0 fully saturated rings. The molecule has 3 aromatic carbocycles. The molecular formula is C20H17N. The van der Waals surface area contributed by atoms with Crippen LogP contribution in [0.1, 0.15) is 18.9 Å². The Bertz CT molecular complexity index is 980. The first-order valence-electron chi connectivity index (χ1n) is 7.31. The number of hydrogen-bond acceptors (Lipinski definition) is 1. The number of anilines is 1. The van der Waals surface area contributed by atoms with Crippen molar-refractivity contribution in [3.63, 3.8) is 0 Å². The van der Waals surface area contributed by atoms with Crippen LogP contribution in [0.25, 0.3) is 21.9 Å². The molecule has 0 saturated heterocycles. The molecule has 1 aliphatic rings. The molecule has 1 aliphatic carbocycles. The summed E-state index contributed by atoms with van der Waals surface area (Å²) in [4.78, 5) is 0. The van der Waals surface area contributed by atoms with Gasteiger partial charge in [-0.05, 0) is 46.4 Å². The molecule has 0 amide bonds. The molecule has 4 rings (SSSR count). The molecule has 21 heavy (non-hydrogen) atoms. The van der Waals surface area contributed by atoms with E-state index in [1.807, 2.05) is 12.1 Å². The summed E-state index contributed by atoms with van der Waals surface area (Å²) >= 11 is 0. The van der Waals surface area contributed by atoms with E-state index in [1.165, 1.54) is 32.5 Å². The summed E-state index contributed by atoms with van der Waals surface area (Å²) in [6.07, 6.45) is 1.02. The third-order valence-electron chi connectivity index (χ3n) is 4.44. The Kier molecular flexibility index (Phi) is 2.61. The van der Waals surface area contributed by atoms with Gasteiger partial charge in [0.15, 0.2) is 0 Å². The van der Waals surface area contributed by atoms with Gasteiger partial charge in [-0.25, -0.2) is 0 Å². The second kappa shape index (κ2) is 4.49. The maximum atomic E-state index is 6.13. The number of nitrogens with two attached hydrogens (primary N) is 1. The number of rotatable bonds is 1. The second-order valence-corrected chi connectivity index (χ2v) is 5.73. The first kappa shape index (κ1) is 12.2. The third-order valence-corrected chi connectivity index (χ3v) is 4.44. The highest BCUT2D eigenvalue weighted by Gasteiger charge is 2.14. The smallest absolute Gasteiger partial charge is 0.0394 e. The van der Waals surface area contributed by atoms with E-state index in [1.54, 1.807) is 0 Å². The minimum atomic E-state index is 0.849. The molecule has 0 bridgehead atoms. The molecule has 0 heterocycles. The monoisotopic (exact) mass is 271 g/mol. The molecule has 1 heteroatoms. The molecule has 0 spiro atoms. The first-order chi connectivity index (χ1) is 10.3. The normalized spacial score (nSPS) is 13.8. The summed E-state index contributed by atoms with van der Waals surface area (Å²) in [5.41, 5.74) is 11.2. The summed E-state index contributed by atoms with van der Waals surface area (Å²) in [6, 6.07) is 21.3. The van der Waals surface area contributed by atoms with E-state index < -0.39 is 0 Å². The third kappa shape index (κ3) is 1.78. The highest BCUT2D eigenvalue weighted by atomic mass is 14.5. The number of fused-ring (bicyclic) bond motifs is 2. The number of hydrogen-bond donors (Lipinski definition) is 1. The van der Waals surface area contributed by atoms with Crippen LogP contribution in [0.2, 0.25) is 0 Å². The number of benzene rings is 3. The van der Waals surface area contributed by atoms with Crippen molar-refractivity contribution in [2.45, 2.75) is 13.3 Å². The molecule has 3 aromatic rings. The van der Waals surface area contributed by atoms with Gasteiger partial charge in [0, 0.05) is 11.1 Å². The summed E-state index contributed by atoms with van der Waals surface area (Å²) in [6.45, 7) is 2.23. The maximum Gasteiger partial charge on any atom is 0.0394 e. The Balaban J connectivity index is 2.13. The molecule has 0 unspecified atom stereocenters. The minimum absolute atomic E-state index is 0.849. The predicted molar refractivity (Wildman–Crippen MR) is 90.3 cm³/mol. The Morgan fingerprint density at radius 3 is 2.24 bits per heavy atom. The topological polar surface area (TPSA) is 26.0 Å². The van der Waals surface area contributed by atoms with Gasteiger partial charge >= 0.3 is 0 Å². The van der Waals surface area contributed by atoms with E-state index in [9.17, 15) is 0 Å². The summed E-state index contributed by atoms with van der Waals surface area (Å²) in [7, 11) is 0. The van der Waals surface area contributed by atoms with E-state index in [0.717, 1.165) is 17.5 Å². The Hall–Kier alpha value is -2.54. The predicted octanol–water partition coefficient (Wildman–Crippen LogP) is 3.20. The van der Waals surface area contributed by atoms with E-state index in [4.69, 9.17) is 5.73 Å². The van der Waals surface area contributed by atoms with Gasteiger partial charge in [0.2, 0.25) is 0 Å². The number of nitrogen functional groups attached to an aromatic ring is 1. The van der Waals surface area contributed by atoms with E-state index in [0.29, 0.717) is 0 Å². The standard InChI is InChI=1S/C20H17N/c1-13-12-19(15-7-3-2-6-14(13)15)17-10-11-20(21)18-9-5-4-8-16(17)18/h2-11H,12,21H2,1H3. The molecule has 1 nitrogen and oxygen atoms in total. The van der Waals surface area contributed by atoms with Gasteiger partial charge in [-0.2, -0.15) is 0 Å². The SMILES string of the molecule is CC1=c2ccccc2=C(c2ccc(N)c3ccccc23)C1. The fourth-order valence-electron chi connectivity index (χ4n) is 3.40. The van der Waals surface area contributed by atoms with Crippen LogP contribution in [0.5, 0.6) is 0 Å². The van der Waals surface area contributed by atoms with Crippen LogP contribution in [-0.4, -0.2) is 0 Å². The van der Waals surface area contributed by atoms with E-state index in [2.05, 4.69) is 55.5 Å². The van der Waals surface area contributed by atoms with Crippen molar-refractivity contribution in [2.75, 3.05) is 5.73 Å². The van der Waals surface area contributed by atoms with Crippen LogP contribution in [-0.2, 0) is 0 Å². The lowest BCUT2D eigenvalue weighted by atomic mass is 9.95. The average molecular weight is 271 g/mol. The molecule has 102 valence electrons. The molecular weight excluding hydrogens is 254 g/mol. The van der Waals surface area contributed by atoms with Crippen molar-refractivity contribution in [2.24, 2.45) is 0 Å². The Labute approximate surface area is 124 Å². The van der Waals surface area contributed by atoms with Crippen LogP contribution in [0, 0.1) is 0 Å². The van der Waals surface area contributed by atoms with Gasteiger partial charge in [-0.3, -0.25) is 0 Å². The summed E-state index contributed by atoms with van der Waals surface area (Å²) in [5, 5.41) is 5.14. The zero-order chi connectivity index (χ0) is 14.4. The van der Waals surface area contributed by atoms with Gasteiger partial charge in [0.1, 0.15) is 0 Å². The Morgan fingerprint density at radius 2 is 1.43 bits per heavy atom. The van der Waals surface area contributed by atoms with Gasteiger partial charge in [0.25, 0.3) is 0 Å². The van der Waals surface area contributed by atoms with Crippen LogP contribution in [0.4, 0.5) is 5.69 Å². The van der Waals surface area contributed by atoms with Crippen molar-refractivity contribution in [3.8, 4) is 0 Å². The first-order valence-corrected chi connectivity index (χ1v) is 7.31. The summed E-state index contributed by atoms with van der Waals surface area (Å²) in [5.74, 6) is 0. The largest absolute Gasteiger partial charge is 0.398 e. The van der Waals surface area contributed by atoms with E-state index in [-0.39, 0.29) is 0 Å². The van der Waals surface area contributed by atoms with Crippen molar-refractivity contribution < 1.29 is 0 Å². The van der Waals surface area contributed by atoms with Gasteiger partial charge in [-0.1, -0.05) is 60.2 Å². The highest BCUT2D eigenvalue weighted by Crippen LogP contribution is 2.31. The van der Waals surface area contributed by atoms with Gasteiger partial charge in [-0.15, -0.1) is 0 Å². The fourth-order valence-corrected chi connectivity index (χ4v) is 3.40.